The van der Waals surface area contributed by atoms with Gasteiger partial charge in [-0.3, -0.25) is 0 Å². The Morgan fingerprint density at radius 1 is 0.800 bits per heavy atom. The highest BCUT2D eigenvalue weighted by atomic mass is 32.2. The van der Waals surface area contributed by atoms with Crippen LogP contribution in [0, 0.1) is 11.3 Å². The maximum atomic E-state index is 7.25. The molecule has 0 aromatic rings. The van der Waals surface area contributed by atoms with E-state index in [1.165, 1.54) is 17.3 Å². The van der Waals surface area contributed by atoms with E-state index in [0.29, 0.717) is 27.8 Å². The van der Waals surface area contributed by atoms with Crippen LogP contribution >= 0.6 is 23.5 Å². The summed E-state index contributed by atoms with van der Waals surface area (Å²) in [4.78, 5) is 0. The van der Waals surface area contributed by atoms with Gasteiger partial charge in [0.05, 0.1) is 18.3 Å². The van der Waals surface area contributed by atoms with Crippen molar-refractivity contribution in [2.24, 2.45) is 11.3 Å². The van der Waals surface area contributed by atoms with Crippen LogP contribution in [-0.2, 0) is 18.3 Å². The molecule has 0 amide bonds. The molecule has 0 N–H and O–H groups in total. The Balaban J connectivity index is 3.26. The quantitative estimate of drug-likeness (QED) is 0.148. The summed E-state index contributed by atoms with van der Waals surface area (Å²) < 4.78 is 26.9. The number of thioether (sulfide) groups is 2. The van der Waals surface area contributed by atoms with Crippen molar-refractivity contribution in [2.45, 2.75) is 154 Å². The molecule has 0 spiro atoms. The van der Waals surface area contributed by atoms with Crippen molar-refractivity contribution < 1.29 is 18.3 Å². The van der Waals surface area contributed by atoms with E-state index >= 15 is 0 Å². The number of rotatable bonds is 17. The lowest BCUT2D eigenvalue weighted by molar-refractivity contribution is -0.100. The Labute approximate surface area is 261 Å². The first-order valence-electron chi connectivity index (χ1n) is 15.8. The summed E-state index contributed by atoms with van der Waals surface area (Å²) in [6.45, 7) is 33.9. The van der Waals surface area contributed by atoms with Crippen molar-refractivity contribution in [3.8, 4) is 0 Å². The average Bonchev–Trinajstić information content (AvgIpc) is 2.84. The van der Waals surface area contributed by atoms with E-state index in [1.54, 1.807) is 0 Å². The molecule has 0 aromatic heterocycles. The van der Waals surface area contributed by atoms with E-state index in [0.717, 1.165) is 19.4 Å². The van der Waals surface area contributed by atoms with Gasteiger partial charge >= 0.3 is 0 Å². The van der Waals surface area contributed by atoms with Crippen LogP contribution in [0.1, 0.15) is 95.9 Å². The summed E-state index contributed by atoms with van der Waals surface area (Å²) in [6, 6.07) is 0. The molecule has 5 atom stereocenters. The summed E-state index contributed by atoms with van der Waals surface area (Å²) in [5.41, 5.74) is 1.91. The van der Waals surface area contributed by atoms with Gasteiger partial charge in [-0.05, 0) is 58.9 Å². The normalized spacial score (nSPS) is 21.2. The van der Waals surface area contributed by atoms with Crippen molar-refractivity contribution in [3.05, 3.63) is 0 Å². The van der Waals surface area contributed by atoms with Crippen LogP contribution in [0.2, 0.25) is 34.8 Å². The number of ether oxygens (including phenoxy) is 2. The van der Waals surface area contributed by atoms with Gasteiger partial charge in [0, 0.05) is 43.3 Å². The lowest BCUT2D eigenvalue weighted by Crippen LogP contribution is -2.54. The van der Waals surface area contributed by atoms with Gasteiger partial charge in [-0.1, -0.05) is 83.1 Å². The zero-order chi connectivity index (χ0) is 31.1. The van der Waals surface area contributed by atoms with Crippen LogP contribution in [0.3, 0.4) is 0 Å². The molecule has 1 fully saturated rings. The zero-order valence-corrected chi connectivity index (χ0v) is 32.9. The summed E-state index contributed by atoms with van der Waals surface area (Å²) in [7, 11) is -0.259. The van der Waals surface area contributed by atoms with Crippen molar-refractivity contribution in [1.82, 2.24) is 0 Å². The topological polar surface area (TPSA) is 36.9 Å². The highest BCUT2D eigenvalue weighted by Gasteiger charge is 2.47. The van der Waals surface area contributed by atoms with Gasteiger partial charge in [-0.2, -0.15) is 23.5 Å². The lowest BCUT2D eigenvalue weighted by Gasteiger charge is -2.46. The van der Waals surface area contributed by atoms with Gasteiger partial charge in [-0.15, -0.1) is 0 Å². The molecule has 0 aliphatic carbocycles. The number of methoxy groups -OCH3 is 2. The summed E-state index contributed by atoms with van der Waals surface area (Å²) >= 11 is 4.24. The molecule has 0 aromatic carbocycles. The smallest absolute Gasteiger partial charge is 0.200 e. The largest absolute Gasteiger partial charge is 0.416 e. The molecule has 240 valence electrons. The Hall–Kier alpha value is 0.974. The van der Waals surface area contributed by atoms with Crippen LogP contribution in [0.25, 0.3) is 0 Å². The molecule has 0 bridgehead atoms. The van der Waals surface area contributed by atoms with E-state index in [2.05, 4.69) is 120 Å². The molecule has 0 radical (unpaired) electrons. The molecular formula is C32H68O4S2Si2. The van der Waals surface area contributed by atoms with Gasteiger partial charge in [-0.25, -0.2) is 0 Å². The number of hydrogen-bond acceptors (Lipinski definition) is 6. The fourth-order valence-electron chi connectivity index (χ4n) is 6.45. The molecule has 1 aliphatic rings. The van der Waals surface area contributed by atoms with Crippen molar-refractivity contribution in [3.63, 3.8) is 0 Å². The second-order valence-electron chi connectivity index (χ2n) is 15.5. The van der Waals surface area contributed by atoms with E-state index in [4.69, 9.17) is 18.3 Å². The van der Waals surface area contributed by atoms with Crippen LogP contribution in [0.5, 0.6) is 0 Å². The van der Waals surface area contributed by atoms with Crippen molar-refractivity contribution in [1.29, 1.82) is 0 Å². The lowest BCUT2D eigenvalue weighted by atomic mass is 9.81. The molecule has 1 saturated heterocycles. The van der Waals surface area contributed by atoms with Gasteiger partial charge in [0.15, 0.2) is 16.6 Å². The van der Waals surface area contributed by atoms with Crippen LogP contribution < -0.4 is 0 Å². The van der Waals surface area contributed by atoms with E-state index in [-0.39, 0.29) is 28.8 Å². The van der Waals surface area contributed by atoms with Gasteiger partial charge in [0.1, 0.15) is 0 Å². The average molecular weight is 637 g/mol. The summed E-state index contributed by atoms with van der Waals surface area (Å²) in [5, 5.41) is 0.741. The third kappa shape index (κ3) is 10.3. The third-order valence-corrected chi connectivity index (χ3v) is 23.7. The van der Waals surface area contributed by atoms with Gasteiger partial charge in [0.25, 0.3) is 0 Å². The fourth-order valence-corrected chi connectivity index (χ4v) is 16.6. The monoisotopic (exact) mass is 636 g/mol. The Kier molecular flexibility index (Phi) is 15.9. The second kappa shape index (κ2) is 16.3. The van der Waals surface area contributed by atoms with Crippen LogP contribution in [-0.4, -0.2) is 78.3 Å². The first-order chi connectivity index (χ1) is 18.3. The maximum Gasteiger partial charge on any atom is 0.200 e. The number of hydrogen-bond donors (Lipinski definition) is 0. The standard InChI is InChI=1S/C32H68O4S2Si2/c1-23(2)40(24(3)4,25(5)6)35-21-26(7)19-27(33-13)30(36-39(15,16)31(8,9)10)28(34-14)20-32(11,12)29-22-37-17-18-38-29/h23-30H,17-22H2,1-16H3/t26-,27+,28+,29?,30-/m1/s1. The van der Waals surface area contributed by atoms with E-state index in [1.807, 2.05) is 14.2 Å². The molecule has 1 unspecified atom stereocenters. The van der Waals surface area contributed by atoms with Crippen LogP contribution in [0.15, 0.2) is 0 Å². The molecule has 8 heteroatoms. The summed E-state index contributed by atoms with van der Waals surface area (Å²) in [6.07, 6.45) is 1.69. The SMILES string of the molecule is CO[C@@H](C[C@@H](C)CO[Si](C(C)C)(C(C)C)C(C)C)[C@@H](O[Si](C)(C)C(C)(C)C)[C@H](CC(C)(C)C1CSCCS1)OC. The molecule has 1 rings (SSSR count). The summed E-state index contributed by atoms with van der Waals surface area (Å²) in [5.74, 6) is 4.10. The van der Waals surface area contributed by atoms with Crippen molar-refractivity contribution >= 4 is 40.2 Å². The minimum absolute atomic E-state index is 0.0230. The predicted octanol–water partition coefficient (Wildman–Crippen LogP) is 9.89. The molecular weight excluding hydrogens is 569 g/mol. The Bertz CT molecular complexity index is 696. The molecule has 0 saturated carbocycles. The van der Waals surface area contributed by atoms with E-state index in [9.17, 15) is 0 Å². The van der Waals surface area contributed by atoms with E-state index < -0.39 is 16.6 Å². The molecule has 40 heavy (non-hydrogen) atoms. The Morgan fingerprint density at radius 2 is 1.32 bits per heavy atom. The third-order valence-electron chi connectivity index (χ3n) is 9.95. The predicted molar refractivity (Wildman–Crippen MR) is 186 cm³/mol. The Morgan fingerprint density at radius 3 is 1.73 bits per heavy atom. The minimum Gasteiger partial charge on any atom is -0.416 e. The second-order valence-corrected chi connectivity index (χ2v) is 28.2. The van der Waals surface area contributed by atoms with Gasteiger partial charge in [0.2, 0.25) is 0 Å². The first-order valence-corrected chi connectivity index (χ1v) is 23.1. The molecule has 1 heterocycles. The molecule has 1 aliphatic heterocycles. The van der Waals surface area contributed by atoms with Crippen LogP contribution in [0.4, 0.5) is 0 Å². The maximum absolute atomic E-state index is 7.25. The highest BCUT2D eigenvalue weighted by molar-refractivity contribution is 8.06. The zero-order valence-electron chi connectivity index (χ0n) is 29.3. The fraction of sp³-hybridized carbons (Fsp3) is 1.00. The minimum atomic E-state index is -2.08. The van der Waals surface area contributed by atoms with Crippen molar-refractivity contribution in [2.75, 3.05) is 38.1 Å². The molecule has 4 nitrogen and oxygen atoms in total. The van der Waals surface area contributed by atoms with Gasteiger partial charge < -0.3 is 18.3 Å². The highest BCUT2D eigenvalue weighted by Crippen LogP contribution is 2.45. The first kappa shape index (κ1) is 39.0.